The minimum atomic E-state index is -1.04. The van der Waals surface area contributed by atoms with Gasteiger partial charge in [0.2, 0.25) is 5.91 Å². The van der Waals surface area contributed by atoms with E-state index in [1.165, 1.54) is 6.42 Å². The summed E-state index contributed by atoms with van der Waals surface area (Å²) in [5.41, 5.74) is 1.95. The lowest BCUT2D eigenvalue weighted by Crippen LogP contribution is -2.65. The third kappa shape index (κ3) is 4.15. The summed E-state index contributed by atoms with van der Waals surface area (Å²) in [5, 5.41) is 3.27. The van der Waals surface area contributed by atoms with Crippen molar-refractivity contribution in [3.05, 3.63) is 47.9 Å². The van der Waals surface area contributed by atoms with Gasteiger partial charge in [0, 0.05) is 30.8 Å². The van der Waals surface area contributed by atoms with Crippen molar-refractivity contribution in [3.63, 3.8) is 0 Å². The van der Waals surface area contributed by atoms with Crippen molar-refractivity contribution in [2.75, 3.05) is 20.8 Å². The van der Waals surface area contributed by atoms with E-state index < -0.39 is 5.54 Å². The predicted octanol–water partition coefficient (Wildman–Crippen LogP) is 4.16. The number of hydrogen-bond donors (Lipinski definition) is 1. The molecule has 35 heavy (non-hydrogen) atoms. The first-order chi connectivity index (χ1) is 16.9. The third-order valence-corrected chi connectivity index (χ3v) is 7.58. The molecule has 1 aliphatic carbocycles. The summed E-state index contributed by atoms with van der Waals surface area (Å²) in [6, 6.07) is 9.44. The number of hydrogen-bond acceptors (Lipinski definition) is 5. The Morgan fingerprint density at radius 1 is 1.14 bits per heavy atom. The Labute approximate surface area is 205 Å². The summed E-state index contributed by atoms with van der Waals surface area (Å²) >= 11 is 0. The first-order valence-electron chi connectivity index (χ1n) is 12.3. The van der Waals surface area contributed by atoms with E-state index in [-0.39, 0.29) is 17.9 Å². The fraction of sp³-hybridized carbons (Fsp3) is 0.481. The second-order valence-electron chi connectivity index (χ2n) is 9.75. The standard InChI is InChI=1S/C27H33N3O5/c1-27(26(32)28-19-7-5-4-6-8-19)17-29-21-12-14-35-24(21)16-22(29)25(31)30(27)13-11-18-9-10-20(33-2)15-23(18)34-3/h9-10,12,14-16,19H,4-8,11,13,17H2,1-3H3,(H,28,32)/t27-/m0/s1. The molecule has 0 unspecified atom stereocenters. The molecule has 0 radical (unpaired) electrons. The zero-order chi connectivity index (χ0) is 24.6. The zero-order valence-electron chi connectivity index (χ0n) is 20.6. The van der Waals surface area contributed by atoms with Crippen LogP contribution in [0.5, 0.6) is 11.5 Å². The van der Waals surface area contributed by atoms with Gasteiger partial charge in [-0.1, -0.05) is 25.3 Å². The van der Waals surface area contributed by atoms with Crippen molar-refractivity contribution < 1.29 is 23.5 Å². The second kappa shape index (κ2) is 9.32. The van der Waals surface area contributed by atoms with Crippen LogP contribution in [0.4, 0.5) is 0 Å². The van der Waals surface area contributed by atoms with Crippen LogP contribution in [0.1, 0.15) is 55.1 Å². The molecule has 3 heterocycles. The number of nitrogens with zero attached hydrogens (tertiary/aromatic N) is 2. The van der Waals surface area contributed by atoms with Crippen LogP contribution in [0.2, 0.25) is 0 Å². The highest BCUT2D eigenvalue weighted by molar-refractivity contribution is 6.03. The molecule has 8 nitrogen and oxygen atoms in total. The lowest BCUT2D eigenvalue weighted by Gasteiger charge is -2.45. The molecule has 2 amide bonds. The Morgan fingerprint density at radius 3 is 2.69 bits per heavy atom. The number of rotatable bonds is 7. The number of carbonyl (C=O) groups is 2. The molecular formula is C27H33N3O5. The number of furan rings is 1. The van der Waals surface area contributed by atoms with Gasteiger partial charge in [0.1, 0.15) is 22.7 Å². The molecular weight excluding hydrogens is 446 g/mol. The fourth-order valence-corrected chi connectivity index (χ4v) is 5.50. The molecule has 8 heteroatoms. The van der Waals surface area contributed by atoms with Gasteiger partial charge in [0.05, 0.1) is 32.5 Å². The molecule has 1 fully saturated rings. The van der Waals surface area contributed by atoms with Gasteiger partial charge < -0.3 is 28.7 Å². The Hall–Kier alpha value is -3.42. The van der Waals surface area contributed by atoms with E-state index in [0.29, 0.717) is 42.3 Å². The van der Waals surface area contributed by atoms with Gasteiger partial charge >= 0.3 is 0 Å². The Bertz CT molecular complexity index is 1240. The molecule has 1 aliphatic heterocycles. The van der Waals surface area contributed by atoms with E-state index in [0.717, 1.165) is 36.8 Å². The topological polar surface area (TPSA) is 85.9 Å². The normalized spacial score (nSPS) is 20.7. The minimum Gasteiger partial charge on any atom is -0.497 e. The van der Waals surface area contributed by atoms with Crippen LogP contribution in [0.15, 0.2) is 41.0 Å². The van der Waals surface area contributed by atoms with Crippen molar-refractivity contribution in [2.24, 2.45) is 0 Å². The van der Waals surface area contributed by atoms with Crippen LogP contribution in [0.25, 0.3) is 11.1 Å². The van der Waals surface area contributed by atoms with Crippen LogP contribution in [-0.2, 0) is 17.8 Å². The van der Waals surface area contributed by atoms with Gasteiger partial charge in [0.25, 0.3) is 5.91 Å². The Morgan fingerprint density at radius 2 is 1.94 bits per heavy atom. The van der Waals surface area contributed by atoms with Gasteiger partial charge in [-0.3, -0.25) is 9.59 Å². The van der Waals surface area contributed by atoms with Crippen molar-refractivity contribution in [2.45, 2.75) is 63.6 Å². The lowest BCUT2D eigenvalue weighted by atomic mass is 9.91. The molecule has 186 valence electrons. The van der Waals surface area contributed by atoms with E-state index >= 15 is 0 Å². The molecule has 5 rings (SSSR count). The Balaban J connectivity index is 1.46. The number of benzene rings is 1. The summed E-state index contributed by atoms with van der Waals surface area (Å²) in [6.45, 7) is 2.63. The average Bonchev–Trinajstić information content (AvgIpc) is 3.47. The SMILES string of the molecule is COc1ccc(CCN2C(=O)c3cc4occc4n3C[C@@]2(C)C(=O)NC2CCCCC2)c(OC)c1. The molecule has 0 bridgehead atoms. The van der Waals surface area contributed by atoms with Crippen LogP contribution in [0.3, 0.4) is 0 Å². The highest BCUT2D eigenvalue weighted by atomic mass is 16.5. The number of methoxy groups -OCH3 is 2. The molecule has 2 aromatic heterocycles. The maximum Gasteiger partial charge on any atom is 0.271 e. The first kappa shape index (κ1) is 23.3. The summed E-state index contributed by atoms with van der Waals surface area (Å²) in [7, 11) is 3.23. The monoisotopic (exact) mass is 479 g/mol. The molecule has 0 spiro atoms. The summed E-state index contributed by atoms with van der Waals surface area (Å²) in [4.78, 5) is 29.3. The lowest BCUT2D eigenvalue weighted by molar-refractivity contribution is -0.133. The van der Waals surface area contributed by atoms with E-state index in [9.17, 15) is 9.59 Å². The van der Waals surface area contributed by atoms with Gasteiger partial charge in [0.15, 0.2) is 5.58 Å². The number of carbonyl (C=O) groups excluding carboxylic acids is 2. The van der Waals surface area contributed by atoms with Crippen molar-refractivity contribution >= 4 is 22.9 Å². The van der Waals surface area contributed by atoms with Crippen LogP contribution in [0, 0.1) is 0 Å². The number of nitrogens with one attached hydrogen (secondary N) is 1. The largest absolute Gasteiger partial charge is 0.497 e. The van der Waals surface area contributed by atoms with Crippen LogP contribution >= 0.6 is 0 Å². The first-order valence-corrected chi connectivity index (χ1v) is 12.3. The molecule has 0 saturated heterocycles. The maximum absolute atomic E-state index is 13.8. The Kier molecular flexibility index (Phi) is 6.21. The average molecular weight is 480 g/mol. The maximum atomic E-state index is 13.8. The smallest absolute Gasteiger partial charge is 0.271 e. The highest BCUT2D eigenvalue weighted by Gasteiger charge is 2.48. The van der Waals surface area contributed by atoms with Gasteiger partial charge in [-0.05, 0) is 37.8 Å². The van der Waals surface area contributed by atoms with Gasteiger partial charge in [-0.2, -0.15) is 0 Å². The number of amides is 2. The molecule has 1 atom stereocenters. The summed E-state index contributed by atoms with van der Waals surface area (Å²) < 4.78 is 18.4. The van der Waals surface area contributed by atoms with Crippen molar-refractivity contribution in [3.8, 4) is 11.5 Å². The van der Waals surface area contributed by atoms with E-state index in [2.05, 4.69) is 5.32 Å². The van der Waals surface area contributed by atoms with E-state index in [1.54, 1.807) is 31.4 Å². The molecule has 3 aromatic rings. The van der Waals surface area contributed by atoms with Crippen molar-refractivity contribution in [1.82, 2.24) is 14.8 Å². The van der Waals surface area contributed by atoms with Crippen molar-refractivity contribution in [1.29, 1.82) is 0 Å². The van der Waals surface area contributed by atoms with Crippen LogP contribution < -0.4 is 14.8 Å². The van der Waals surface area contributed by atoms with E-state index in [4.69, 9.17) is 13.9 Å². The minimum absolute atomic E-state index is 0.101. The van der Waals surface area contributed by atoms with E-state index in [1.807, 2.05) is 35.8 Å². The molecule has 1 saturated carbocycles. The number of fused-ring (bicyclic) bond motifs is 3. The predicted molar refractivity (Wildman–Crippen MR) is 132 cm³/mol. The molecule has 1 N–H and O–H groups in total. The highest BCUT2D eigenvalue weighted by Crippen LogP contribution is 2.34. The number of ether oxygens (including phenoxy) is 2. The number of aromatic nitrogens is 1. The second-order valence-corrected chi connectivity index (χ2v) is 9.75. The third-order valence-electron chi connectivity index (χ3n) is 7.58. The quantitative estimate of drug-likeness (QED) is 0.550. The zero-order valence-corrected chi connectivity index (χ0v) is 20.6. The summed E-state index contributed by atoms with van der Waals surface area (Å²) in [5.74, 6) is 1.13. The fourth-order valence-electron chi connectivity index (χ4n) is 5.50. The van der Waals surface area contributed by atoms with Gasteiger partial charge in [-0.15, -0.1) is 0 Å². The molecule has 1 aromatic carbocycles. The molecule has 2 aliphatic rings. The van der Waals surface area contributed by atoms with Gasteiger partial charge in [-0.25, -0.2) is 0 Å². The summed E-state index contributed by atoms with van der Waals surface area (Å²) in [6.07, 6.45) is 7.59. The van der Waals surface area contributed by atoms with Crippen LogP contribution in [-0.4, -0.2) is 53.6 Å².